The first-order valence-corrected chi connectivity index (χ1v) is 7.75. The third-order valence-corrected chi connectivity index (χ3v) is 3.54. The van der Waals surface area contributed by atoms with Crippen LogP contribution in [0.15, 0.2) is 48.7 Å². The zero-order chi connectivity index (χ0) is 18.7. The number of ether oxygens (including phenoxy) is 1. The van der Waals surface area contributed by atoms with Crippen molar-refractivity contribution in [2.24, 2.45) is 0 Å². The molecule has 2 aromatic carbocycles. The monoisotopic (exact) mass is 361 g/mol. The van der Waals surface area contributed by atoms with Crippen molar-refractivity contribution in [3.8, 4) is 0 Å². The minimum Gasteiger partial charge on any atom is -0.462 e. The van der Waals surface area contributed by atoms with Crippen molar-refractivity contribution in [1.82, 2.24) is 9.97 Å². The van der Waals surface area contributed by atoms with E-state index < -0.39 is 17.7 Å². The third kappa shape index (κ3) is 3.90. The van der Waals surface area contributed by atoms with Gasteiger partial charge in [-0.25, -0.2) is 9.78 Å². The van der Waals surface area contributed by atoms with E-state index in [1.165, 1.54) is 12.3 Å². The summed E-state index contributed by atoms with van der Waals surface area (Å²) in [5, 5.41) is 2.95. The predicted octanol–water partition coefficient (Wildman–Crippen LogP) is 4.57. The lowest BCUT2D eigenvalue weighted by Crippen LogP contribution is -2.05. The first-order valence-electron chi connectivity index (χ1n) is 7.75. The molecule has 0 spiro atoms. The number of hydrogen-bond acceptors (Lipinski definition) is 5. The second-order valence-corrected chi connectivity index (χ2v) is 5.38. The number of esters is 1. The highest BCUT2D eigenvalue weighted by Crippen LogP contribution is 2.31. The summed E-state index contributed by atoms with van der Waals surface area (Å²) in [5.41, 5.74) is 0.722. The van der Waals surface area contributed by atoms with Gasteiger partial charge in [0, 0.05) is 5.69 Å². The number of rotatable bonds is 4. The van der Waals surface area contributed by atoms with Crippen molar-refractivity contribution in [1.29, 1.82) is 0 Å². The van der Waals surface area contributed by atoms with Crippen LogP contribution in [0, 0.1) is 0 Å². The summed E-state index contributed by atoms with van der Waals surface area (Å²) < 4.78 is 43.4. The molecular formula is C18H14F3N3O2. The molecule has 0 aliphatic rings. The highest BCUT2D eigenvalue weighted by molar-refractivity contribution is 5.90. The van der Waals surface area contributed by atoms with E-state index in [2.05, 4.69) is 15.3 Å². The van der Waals surface area contributed by atoms with Gasteiger partial charge < -0.3 is 10.1 Å². The normalized spacial score (nSPS) is 11.4. The quantitative estimate of drug-likeness (QED) is 0.690. The van der Waals surface area contributed by atoms with Crippen LogP contribution < -0.4 is 5.32 Å². The molecule has 1 N–H and O–H groups in total. The van der Waals surface area contributed by atoms with Gasteiger partial charge in [0.1, 0.15) is 5.82 Å². The Kier molecular flexibility index (Phi) is 4.75. The molecule has 8 heteroatoms. The number of hydrogen-bond donors (Lipinski definition) is 1. The Bertz CT molecular complexity index is 941. The fourth-order valence-corrected chi connectivity index (χ4v) is 2.30. The van der Waals surface area contributed by atoms with Crippen LogP contribution in [0.2, 0.25) is 0 Å². The van der Waals surface area contributed by atoms with Gasteiger partial charge in [-0.1, -0.05) is 0 Å². The number of benzene rings is 2. The maximum Gasteiger partial charge on any atom is 0.416 e. The summed E-state index contributed by atoms with van der Waals surface area (Å²) in [6, 6.07) is 9.65. The van der Waals surface area contributed by atoms with Crippen molar-refractivity contribution in [3.05, 3.63) is 59.8 Å². The van der Waals surface area contributed by atoms with E-state index in [1.807, 2.05) is 0 Å². The van der Waals surface area contributed by atoms with E-state index in [4.69, 9.17) is 4.74 Å². The van der Waals surface area contributed by atoms with Crippen molar-refractivity contribution >= 4 is 28.5 Å². The van der Waals surface area contributed by atoms with Crippen molar-refractivity contribution in [3.63, 3.8) is 0 Å². The van der Waals surface area contributed by atoms with Crippen LogP contribution in [0.25, 0.3) is 11.0 Å². The number of halogens is 3. The number of nitrogens with one attached hydrogen (secondary N) is 1. The molecule has 1 heterocycles. The second-order valence-electron chi connectivity index (χ2n) is 5.38. The van der Waals surface area contributed by atoms with E-state index in [9.17, 15) is 18.0 Å². The lowest BCUT2D eigenvalue weighted by atomic mass is 10.2. The van der Waals surface area contributed by atoms with E-state index in [1.54, 1.807) is 31.2 Å². The van der Waals surface area contributed by atoms with Gasteiger partial charge >= 0.3 is 12.1 Å². The summed E-state index contributed by atoms with van der Waals surface area (Å²) in [7, 11) is 0. The summed E-state index contributed by atoms with van der Waals surface area (Å²) in [5.74, 6) is -0.134. The van der Waals surface area contributed by atoms with Crippen LogP contribution in [0.5, 0.6) is 0 Å². The minimum absolute atomic E-state index is 0.132. The number of nitrogens with zero attached hydrogens (tertiary/aromatic N) is 2. The molecule has 3 aromatic rings. The Morgan fingerprint density at radius 2 is 1.85 bits per heavy atom. The average Bonchev–Trinajstić information content (AvgIpc) is 2.61. The second kappa shape index (κ2) is 6.99. The molecule has 0 unspecified atom stereocenters. The fourth-order valence-electron chi connectivity index (χ4n) is 2.30. The summed E-state index contributed by atoms with van der Waals surface area (Å²) in [6.07, 6.45) is -3.02. The van der Waals surface area contributed by atoms with Crippen molar-refractivity contribution < 1.29 is 22.7 Å². The van der Waals surface area contributed by atoms with Crippen molar-refractivity contribution in [2.45, 2.75) is 13.1 Å². The molecule has 0 aliphatic heterocycles. The molecule has 0 fully saturated rings. The molecule has 26 heavy (non-hydrogen) atoms. The molecule has 0 saturated heterocycles. The van der Waals surface area contributed by atoms with Gasteiger partial charge in [0.05, 0.1) is 35.0 Å². The highest BCUT2D eigenvalue weighted by atomic mass is 19.4. The third-order valence-electron chi connectivity index (χ3n) is 3.54. The number of aromatic nitrogens is 2. The zero-order valence-electron chi connectivity index (χ0n) is 13.7. The topological polar surface area (TPSA) is 64.1 Å². The molecule has 0 radical (unpaired) electrons. The molecule has 5 nitrogen and oxygen atoms in total. The maximum atomic E-state index is 12.8. The number of anilines is 2. The van der Waals surface area contributed by atoms with Crippen molar-refractivity contribution in [2.75, 3.05) is 11.9 Å². The smallest absolute Gasteiger partial charge is 0.416 e. The molecule has 1 aromatic heterocycles. The zero-order valence-corrected chi connectivity index (χ0v) is 13.7. The molecule has 3 rings (SSSR count). The van der Waals surface area contributed by atoms with E-state index in [0.717, 1.165) is 12.1 Å². The van der Waals surface area contributed by atoms with Gasteiger partial charge in [-0.15, -0.1) is 0 Å². The number of fused-ring (bicyclic) bond motifs is 1. The number of carbonyl (C=O) groups is 1. The van der Waals surface area contributed by atoms with Crippen LogP contribution >= 0.6 is 0 Å². The van der Waals surface area contributed by atoms with Gasteiger partial charge in [-0.05, 0) is 49.4 Å². The highest BCUT2D eigenvalue weighted by Gasteiger charge is 2.30. The molecule has 0 saturated carbocycles. The first-order chi connectivity index (χ1) is 12.4. The van der Waals surface area contributed by atoms with Gasteiger partial charge in [-0.3, -0.25) is 4.98 Å². The van der Waals surface area contributed by atoms with E-state index >= 15 is 0 Å². The number of alkyl halides is 3. The minimum atomic E-state index is -4.44. The van der Waals surface area contributed by atoms with Crippen LogP contribution in [-0.2, 0) is 10.9 Å². The molecule has 0 amide bonds. The first kappa shape index (κ1) is 17.7. The van der Waals surface area contributed by atoms with Crippen LogP contribution in [0.4, 0.5) is 24.7 Å². The molecular weight excluding hydrogens is 347 g/mol. The number of carbonyl (C=O) groups excluding carboxylic acids is 1. The Balaban J connectivity index is 1.83. The van der Waals surface area contributed by atoms with Gasteiger partial charge in [0.2, 0.25) is 0 Å². The molecule has 134 valence electrons. The lowest BCUT2D eigenvalue weighted by molar-refractivity contribution is -0.137. The van der Waals surface area contributed by atoms with Gasteiger partial charge in [0.15, 0.2) is 0 Å². The Morgan fingerprint density at radius 3 is 2.50 bits per heavy atom. The van der Waals surface area contributed by atoms with Crippen LogP contribution in [0.3, 0.4) is 0 Å². The largest absolute Gasteiger partial charge is 0.462 e. The summed E-state index contributed by atoms with van der Waals surface area (Å²) in [6.45, 7) is 2.00. The predicted molar refractivity (Wildman–Crippen MR) is 90.2 cm³/mol. The fraction of sp³-hybridized carbons (Fsp3) is 0.167. The molecule has 0 atom stereocenters. The van der Waals surface area contributed by atoms with E-state index in [-0.39, 0.29) is 12.1 Å². The molecule has 0 aliphatic carbocycles. The SMILES string of the molecule is CCOC(=O)c1ccc(Nc2cnc3ccc(C(F)(F)F)cc3n2)cc1. The summed E-state index contributed by atoms with van der Waals surface area (Å²) >= 11 is 0. The standard InChI is InChI=1S/C18H14F3N3O2/c1-2-26-17(25)11-3-6-13(7-4-11)23-16-10-22-14-8-5-12(18(19,20)21)9-15(14)24-16/h3-10H,2H2,1H3,(H,23,24). The van der Waals surface area contributed by atoms with Crippen LogP contribution in [-0.4, -0.2) is 22.5 Å². The Morgan fingerprint density at radius 1 is 1.12 bits per heavy atom. The Hall–Kier alpha value is -3.16. The lowest BCUT2D eigenvalue weighted by Gasteiger charge is -2.09. The maximum absolute atomic E-state index is 12.8. The van der Waals surface area contributed by atoms with E-state index in [0.29, 0.717) is 22.6 Å². The summed E-state index contributed by atoms with van der Waals surface area (Å²) in [4.78, 5) is 19.9. The van der Waals surface area contributed by atoms with Crippen LogP contribution in [0.1, 0.15) is 22.8 Å². The average molecular weight is 361 g/mol. The Labute approximate surface area is 146 Å². The molecule has 0 bridgehead atoms. The van der Waals surface area contributed by atoms with Gasteiger partial charge in [0.25, 0.3) is 0 Å². The van der Waals surface area contributed by atoms with Gasteiger partial charge in [-0.2, -0.15) is 13.2 Å².